The highest BCUT2D eigenvalue weighted by atomic mass is 16.5. The van der Waals surface area contributed by atoms with E-state index in [4.69, 9.17) is 4.52 Å². The first kappa shape index (κ1) is 16.0. The third kappa shape index (κ3) is 3.64. The quantitative estimate of drug-likeness (QED) is 0.856. The minimum Gasteiger partial charge on any atom is -0.360 e. The molecular formula is C16H27N3O2. The second-order valence-electron chi connectivity index (χ2n) is 6.66. The van der Waals surface area contributed by atoms with Gasteiger partial charge in [-0.3, -0.25) is 4.79 Å². The van der Waals surface area contributed by atoms with Crippen LogP contribution in [0.2, 0.25) is 0 Å². The van der Waals surface area contributed by atoms with E-state index < -0.39 is 0 Å². The Morgan fingerprint density at radius 3 is 2.52 bits per heavy atom. The van der Waals surface area contributed by atoms with Crippen molar-refractivity contribution in [3.63, 3.8) is 0 Å². The van der Waals surface area contributed by atoms with Crippen molar-refractivity contribution >= 4 is 5.91 Å². The van der Waals surface area contributed by atoms with Crippen LogP contribution in [-0.4, -0.2) is 54.6 Å². The third-order valence-electron chi connectivity index (χ3n) is 4.15. The van der Waals surface area contributed by atoms with Crippen LogP contribution < -0.4 is 0 Å². The molecule has 0 bridgehead atoms. The number of hydrogen-bond acceptors (Lipinski definition) is 4. The van der Waals surface area contributed by atoms with E-state index in [0.717, 1.165) is 32.5 Å². The number of piperidine rings is 1. The Kier molecular flexibility index (Phi) is 5.04. The number of likely N-dealkylation sites (tertiary alicyclic amines) is 1. The van der Waals surface area contributed by atoms with E-state index in [9.17, 15) is 4.79 Å². The van der Waals surface area contributed by atoms with Crippen LogP contribution in [0.15, 0.2) is 4.52 Å². The molecule has 1 aromatic rings. The van der Waals surface area contributed by atoms with Gasteiger partial charge in [0, 0.05) is 25.6 Å². The van der Waals surface area contributed by atoms with Gasteiger partial charge in [0.05, 0.1) is 5.69 Å². The second-order valence-corrected chi connectivity index (χ2v) is 6.66. The standard InChI is InChI=1S/C16H27N3O2/c1-11(2)15-14(12(3)17-21-15)16(20)19-8-6-13(7-9-19)10-18(4)5/h11,13H,6-10H2,1-5H3. The van der Waals surface area contributed by atoms with Crippen molar-refractivity contribution in [3.8, 4) is 0 Å². The Labute approximate surface area is 127 Å². The number of carbonyl (C=O) groups is 1. The number of nitrogens with zero attached hydrogens (tertiary/aromatic N) is 3. The van der Waals surface area contributed by atoms with Gasteiger partial charge in [-0.2, -0.15) is 0 Å². The molecule has 0 atom stereocenters. The molecule has 1 saturated heterocycles. The second kappa shape index (κ2) is 6.60. The van der Waals surface area contributed by atoms with Gasteiger partial charge in [0.2, 0.25) is 0 Å². The Morgan fingerprint density at radius 1 is 1.38 bits per heavy atom. The van der Waals surface area contributed by atoms with E-state index in [0.29, 0.717) is 22.9 Å². The first-order chi connectivity index (χ1) is 9.90. The Bertz CT molecular complexity index is 486. The summed E-state index contributed by atoms with van der Waals surface area (Å²) in [6, 6.07) is 0. The largest absolute Gasteiger partial charge is 0.360 e. The Morgan fingerprint density at radius 2 is 2.00 bits per heavy atom. The van der Waals surface area contributed by atoms with Crippen LogP contribution in [0.25, 0.3) is 0 Å². The molecule has 5 nitrogen and oxygen atoms in total. The van der Waals surface area contributed by atoms with Crippen molar-refractivity contribution in [1.29, 1.82) is 0 Å². The molecule has 0 aromatic carbocycles. The van der Waals surface area contributed by atoms with Crippen molar-refractivity contribution < 1.29 is 9.32 Å². The van der Waals surface area contributed by atoms with Crippen molar-refractivity contribution in [2.75, 3.05) is 33.7 Å². The van der Waals surface area contributed by atoms with E-state index in [-0.39, 0.29) is 11.8 Å². The Hall–Kier alpha value is -1.36. The summed E-state index contributed by atoms with van der Waals surface area (Å²) in [5, 5.41) is 3.98. The number of hydrogen-bond donors (Lipinski definition) is 0. The summed E-state index contributed by atoms with van der Waals surface area (Å²) in [6.07, 6.45) is 2.15. The number of aryl methyl sites for hydroxylation is 1. The number of aromatic nitrogens is 1. The van der Waals surface area contributed by atoms with Gasteiger partial charge in [-0.25, -0.2) is 0 Å². The minimum absolute atomic E-state index is 0.0840. The van der Waals surface area contributed by atoms with Gasteiger partial charge in [-0.05, 0) is 39.8 Å². The van der Waals surface area contributed by atoms with Crippen molar-refractivity contribution in [3.05, 3.63) is 17.0 Å². The highest BCUT2D eigenvalue weighted by molar-refractivity contribution is 5.96. The van der Waals surface area contributed by atoms with Crippen molar-refractivity contribution in [2.45, 2.75) is 39.5 Å². The predicted molar refractivity (Wildman–Crippen MR) is 82.5 cm³/mol. The Balaban J connectivity index is 2.04. The molecule has 1 aliphatic heterocycles. The summed E-state index contributed by atoms with van der Waals surface area (Å²) in [4.78, 5) is 16.9. The van der Waals surface area contributed by atoms with Crippen LogP contribution in [-0.2, 0) is 0 Å². The van der Waals surface area contributed by atoms with Crippen LogP contribution in [0.4, 0.5) is 0 Å². The van der Waals surface area contributed by atoms with Crippen molar-refractivity contribution in [2.24, 2.45) is 5.92 Å². The fourth-order valence-corrected chi connectivity index (χ4v) is 3.03. The first-order valence-electron chi connectivity index (χ1n) is 7.80. The van der Waals surface area contributed by atoms with Crippen LogP contribution in [0.1, 0.15) is 54.4 Å². The summed E-state index contributed by atoms with van der Waals surface area (Å²) in [7, 11) is 4.21. The number of amides is 1. The molecule has 1 fully saturated rings. The SMILES string of the molecule is Cc1noc(C(C)C)c1C(=O)N1CCC(CN(C)C)CC1. The molecule has 2 rings (SSSR count). The zero-order valence-corrected chi connectivity index (χ0v) is 13.8. The smallest absolute Gasteiger partial charge is 0.259 e. The number of rotatable bonds is 4. The maximum absolute atomic E-state index is 12.8. The van der Waals surface area contributed by atoms with E-state index in [1.54, 1.807) is 0 Å². The zero-order chi connectivity index (χ0) is 15.6. The van der Waals surface area contributed by atoms with E-state index in [2.05, 4.69) is 24.2 Å². The lowest BCUT2D eigenvalue weighted by atomic mass is 9.95. The topological polar surface area (TPSA) is 49.6 Å². The zero-order valence-electron chi connectivity index (χ0n) is 13.8. The maximum Gasteiger partial charge on any atom is 0.259 e. The molecule has 1 aromatic heterocycles. The molecule has 0 aliphatic carbocycles. The van der Waals surface area contributed by atoms with Gasteiger partial charge in [-0.1, -0.05) is 19.0 Å². The summed E-state index contributed by atoms with van der Waals surface area (Å²) in [5.41, 5.74) is 1.38. The molecule has 0 spiro atoms. The van der Waals surface area contributed by atoms with Gasteiger partial charge in [0.25, 0.3) is 5.91 Å². The maximum atomic E-state index is 12.8. The predicted octanol–water partition coefficient (Wildman–Crippen LogP) is 2.52. The molecular weight excluding hydrogens is 266 g/mol. The fraction of sp³-hybridized carbons (Fsp3) is 0.750. The van der Waals surface area contributed by atoms with Gasteiger partial charge in [-0.15, -0.1) is 0 Å². The average molecular weight is 293 g/mol. The molecule has 0 N–H and O–H groups in total. The average Bonchev–Trinajstić information content (AvgIpc) is 2.80. The molecule has 5 heteroatoms. The van der Waals surface area contributed by atoms with Crippen LogP contribution in [0, 0.1) is 12.8 Å². The summed E-state index contributed by atoms with van der Waals surface area (Å²) in [5.74, 6) is 1.67. The van der Waals surface area contributed by atoms with E-state index in [1.165, 1.54) is 0 Å². The third-order valence-corrected chi connectivity index (χ3v) is 4.15. The van der Waals surface area contributed by atoms with Crippen molar-refractivity contribution in [1.82, 2.24) is 15.0 Å². The minimum atomic E-state index is 0.0840. The van der Waals surface area contributed by atoms with Gasteiger partial charge < -0.3 is 14.3 Å². The van der Waals surface area contributed by atoms with Crippen LogP contribution in [0.5, 0.6) is 0 Å². The molecule has 0 saturated carbocycles. The fourth-order valence-electron chi connectivity index (χ4n) is 3.03. The van der Waals surface area contributed by atoms with Gasteiger partial charge in [0.15, 0.2) is 5.76 Å². The summed E-state index contributed by atoms with van der Waals surface area (Å²) >= 11 is 0. The van der Waals surface area contributed by atoms with Gasteiger partial charge in [0.1, 0.15) is 5.56 Å². The molecule has 0 radical (unpaired) electrons. The summed E-state index contributed by atoms with van der Waals surface area (Å²) in [6.45, 7) is 8.67. The summed E-state index contributed by atoms with van der Waals surface area (Å²) < 4.78 is 5.34. The highest BCUT2D eigenvalue weighted by Crippen LogP contribution is 2.26. The lowest BCUT2D eigenvalue weighted by Crippen LogP contribution is -2.41. The van der Waals surface area contributed by atoms with Crippen LogP contribution >= 0.6 is 0 Å². The molecule has 118 valence electrons. The molecule has 1 aliphatic rings. The van der Waals surface area contributed by atoms with E-state index in [1.807, 2.05) is 25.7 Å². The normalized spacial score (nSPS) is 17.0. The molecule has 2 heterocycles. The lowest BCUT2D eigenvalue weighted by Gasteiger charge is -2.33. The monoisotopic (exact) mass is 293 g/mol. The highest BCUT2D eigenvalue weighted by Gasteiger charge is 2.29. The van der Waals surface area contributed by atoms with E-state index >= 15 is 0 Å². The molecule has 1 amide bonds. The molecule has 21 heavy (non-hydrogen) atoms. The first-order valence-corrected chi connectivity index (χ1v) is 7.80. The molecule has 0 unspecified atom stereocenters. The lowest BCUT2D eigenvalue weighted by molar-refractivity contribution is 0.0674. The number of carbonyl (C=O) groups excluding carboxylic acids is 1. The van der Waals surface area contributed by atoms with Gasteiger partial charge >= 0.3 is 0 Å². The van der Waals surface area contributed by atoms with Crippen LogP contribution in [0.3, 0.4) is 0 Å².